The Morgan fingerprint density at radius 3 is 2.64 bits per heavy atom. The fourth-order valence-corrected chi connectivity index (χ4v) is 3.29. The first-order valence-electron chi connectivity index (χ1n) is 9.18. The van der Waals surface area contributed by atoms with Gasteiger partial charge in [-0.15, -0.1) is 0 Å². The van der Waals surface area contributed by atoms with E-state index in [1.165, 1.54) is 12.1 Å². The molecule has 4 nitrogen and oxygen atoms in total. The molecule has 2 aromatic heterocycles. The van der Waals surface area contributed by atoms with Gasteiger partial charge in [-0.3, -0.25) is 9.78 Å². The summed E-state index contributed by atoms with van der Waals surface area (Å²) in [6, 6.07) is 19.4. The Morgan fingerprint density at radius 2 is 1.86 bits per heavy atom. The van der Waals surface area contributed by atoms with Crippen LogP contribution in [0.25, 0.3) is 22.3 Å². The lowest BCUT2D eigenvalue weighted by Gasteiger charge is -2.06. The zero-order valence-corrected chi connectivity index (χ0v) is 15.2. The number of fused-ring (bicyclic) bond motifs is 1. The molecule has 0 aliphatic rings. The lowest BCUT2D eigenvalue weighted by atomic mass is 10.0. The number of halogens is 1. The third-order valence-electron chi connectivity index (χ3n) is 4.57. The van der Waals surface area contributed by atoms with Gasteiger partial charge in [0.25, 0.3) is 0 Å². The van der Waals surface area contributed by atoms with Crippen molar-refractivity contribution in [2.24, 2.45) is 0 Å². The van der Waals surface area contributed by atoms with Gasteiger partial charge in [0.15, 0.2) is 0 Å². The molecule has 0 aliphatic carbocycles. The van der Waals surface area contributed by atoms with Crippen LogP contribution in [0, 0.1) is 5.82 Å². The van der Waals surface area contributed by atoms with E-state index in [1.54, 1.807) is 24.4 Å². The van der Waals surface area contributed by atoms with Crippen LogP contribution in [0.5, 0.6) is 5.75 Å². The van der Waals surface area contributed by atoms with E-state index < -0.39 is 0 Å². The number of nitrogens with zero attached hydrogens (tertiary/aromatic N) is 1. The van der Waals surface area contributed by atoms with Gasteiger partial charge in [-0.05, 0) is 60.9 Å². The normalized spacial score (nSPS) is 10.9. The number of rotatable bonds is 6. The second-order valence-electron chi connectivity index (χ2n) is 6.52. The van der Waals surface area contributed by atoms with Crippen molar-refractivity contribution >= 4 is 16.9 Å². The maximum absolute atomic E-state index is 13.8. The molecule has 0 unspecified atom stereocenters. The molecule has 0 radical (unpaired) electrons. The standard InChI is InChI=1S/C23H19FN2O2/c24-16-12-13-20-19(15-16)18(23(26-20)21-10-4-5-14-25-21)9-6-11-22(27)28-17-7-2-1-3-8-17/h1-5,7-8,10,12-15,26H,6,9,11H2. The van der Waals surface area contributed by atoms with Gasteiger partial charge in [-0.1, -0.05) is 24.3 Å². The molecule has 140 valence electrons. The van der Waals surface area contributed by atoms with Crippen molar-refractivity contribution in [1.29, 1.82) is 0 Å². The number of aryl methyl sites for hydroxylation is 1. The third-order valence-corrected chi connectivity index (χ3v) is 4.57. The molecular weight excluding hydrogens is 355 g/mol. The lowest BCUT2D eigenvalue weighted by Crippen LogP contribution is -2.08. The number of benzene rings is 2. The highest BCUT2D eigenvalue weighted by Gasteiger charge is 2.15. The fourth-order valence-electron chi connectivity index (χ4n) is 3.29. The first kappa shape index (κ1) is 17.9. The van der Waals surface area contributed by atoms with Gasteiger partial charge in [0, 0.05) is 23.5 Å². The predicted octanol–water partition coefficient (Wildman–Crippen LogP) is 5.30. The molecule has 4 rings (SSSR count). The summed E-state index contributed by atoms with van der Waals surface area (Å²) in [5.74, 6) is -0.0312. The zero-order valence-electron chi connectivity index (χ0n) is 15.2. The Morgan fingerprint density at radius 1 is 1.04 bits per heavy atom. The van der Waals surface area contributed by atoms with E-state index in [-0.39, 0.29) is 18.2 Å². The van der Waals surface area contributed by atoms with Gasteiger partial charge in [-0.25, -0.2) is 4.39 Å². The number of aromatic nitrogens is 2. The van der Waals surface area contributed by atoms with Crippen LogP contribution in [0.15, 0.2) is 72.9 Å². The number of ether oxygens (including phenoxy) is 1. The largest absolute Gasteiger partial charge is 0.427 e. The van der Waals surface area contributed by atoms with Crippen molar-refractivity contribution in [2.75, 3.05) is 0 Å². The average molecular weight is 374 g/mol. The molecule has 0 saturated heterocycles. The van der Waals surface area contributed by atoms with E-state index in [0.29, 0.717) is 18.6 Å². The highest BCUT2D eigenvalue weighted by molar-refractivity contribution is 5.90. The minimum atomic E-state index is -0.288. The molecule has 5 heteroatoms. The number of esters is 1. The summed E-state index contributed by atoms with van der Waals surface area (Å²) in [6.07, 6.45) is 3.20. The van der Waals surface area contributed by atoms with Crippen LogP contribution < -0.4 is 4.74 Å². The van der Waals surface area contributed by atoms with Crippen molar-refractivity contribution in [3.8, 4) is 17.1 Å². The Hall–Kier alpha value is -3.47. The molecule has 2 heterocycles. The molecule has 1 N–H and O–H groups in total. The van der Waals surface area contributed by atoms with Crippen LogP contribution in [0.1, 0.15) is 18.4 Å². The maximum atomic E-state index is 13.8. The van der Waals surface area contributed by atoms with E-state index in [4.69, 9.17) is 4.74 Å². The van der Waals surface area contributed by atoms with Crippen LogP contribution in [0.3, 0.4) is 0 Å². The first-order chi connectivity index (χ1) is 13.7. The maximum Gasteiger partial charge on any atom is 0.311 e. The summed E-state index contributed by atoms with van der Waals surface area (Å²) >= 11 is 0. The molecule has 4 aromatic rings. The van der Waals surface area contributed by atoms with Crippen molar-refractivity contribution in [3.63, 3.8) is 0 Å². The van der Waals surface area contributed by atoms with Gasteiger partial charge in [0.05, 0.1) is 11.4 Å². The number of carbonyl (C=O) groups excluding carboxylic acids is 1. The monoisotopic (exact) mass is 374 g/mol. The smallest absolute Gasteiger partial charge is 0.311 e. The van der Waals surface area contributed by atoms with E-state index in [2.05, 4.69) is 9.97 Å². The van der Waals surface area contributed by atoms with E-state index >= 15 is 0 Å². The van der Waals surface area contributed by atoms with Gasteiger partial charge < -0.3 is 9.72 Å². The van der Waals surface area contributed by atoms with Crippen molar-refractivity contribution in [3.05, 3.63) is 84.3 Å². The number of para-hydroxylation sites is 1. The first-order valence-corrected chi connectivity index (χ1v) is 9.18. The highest BCUT2D eigenvalue weighted by atomic mass is 19.1. The number of aromatic amines is 1. The summed E-state index contributed by atoms with van der Waals surface area (Å²) in [5, 5.41) is 0.817. The topological polar surface area (TPSA) is 55.0 Å². The van der Waals surface area contributed by atoms with Crippen molar-refractivity contribution in [2.45, 2.75) is 19.3 Å². The highest BCUT2D eigenvalue weighted by Crippen LogP contribution is 2.31. The molecule has 0 amide bonds. The Kier molecular flexibility index (Phi) is 5.15. The second kappa shape index (κ2) is 8.05. The molecule has 2 aromatic carbocycles. The van der Waals surface area contributed by atoms with Crippen LogP contribution in [0.2, 0.25) is 0 Å². The summed E-state index contributed by atoms with van der Waals surface area (Å²) in [7, 11) is 0. The molecule has 0 bridgehead atoms. The lowest BCUT2D eigenvalue weighted by molar-refractivity contribution is -0.134. The molecular formula is C23H19FN2O2. The summed E-state index contributed by atoms with van der Waals surface area (Å²) in [6.45, 7) is 0. The molecule has 0 aliphatic heterocycles. The van der Waals surface area contributed by atoms with Crippen LogP contribution in [0.4, 0.5) is 4.39 Å². The number of H-pyrrole nitrogens is 1. The van der Waals surface area contributed by atoms with Gasteiger partial charge in [0.1, 0.15) is 11.6 Å². The van der Waals surface area contributed by atoms with Crippen LogP contribution in [-0.2, 0) is 11.2 Å². The molecule has 0 spiro atoms. The zero-order chi connectivity index (χ0) is 19.3. The second-order valence-corrected chi connectivity index (χ2v) is 6.52. The van der Waals surface area contributed by atoms with E-state index in [9.17, 15) is 9.18 Å². The fraction of sp³-hybridized carbons (Fsp3) is 0.130. The number of carbonyl (C=O) groups is 1. The van der Waals surface area contributed by atoms with Gasteiger partial charge in [-0.2, -0.15) is 0 Å². The molecule has 0 atom stereocenters. The number of pyridine rings is 1. The van der Waals surface area contributed by atoms with Crippen LogP contribution >= 0.6 is 0 Å². The molecule has 0 fully saturated rings. The van der Waals surface area contributed by atoms with Crippen molar-refractivity contribution in [1.82, 2.24) is 9.97 Å². The van der Waals surface area contributed by atoms with Crippen LogP contribution in [-0.4, -0.2) is 15.9 Å². The summed E-state index contributed by atoms with van der Waals surface area (Å²) in [4.78, 5) is 19.9. The van der Waals surface area contributed by atoms with E-state index in [0.717, 1.165) is 27.9 Å². The minimum absolute atomic E-state index is 0.276. The Balaban J connectivity index is 1.54. The third kappa shape index (κ3) is 3.93. The number of hydrogen-bond donors (Lipinski definition) is 1. The number of nitrogens with one attached hydrogen (secondary N) is 1. The quantitative estimate of drug-likeness (QED) is 0.368. The summed E-state index contributed by atoms with van der Waals surface area (Å²) < 4.78 is 19.2. The molecule has 28 heavy (non-hydrogen) atoms. The van der Waals surface area contributed by atoms with Gasteiger partial charge >= 0.3 is 5.97 Å². The van der Waals surface area contributed by atoms with Gasteiger partial charge in [0.2, 0.25) is 0 Å². The van der Waals surface area contributed by atoms with E-state index in [1.807, 2.05) is 36.4 Å². The Bertz CT molecular complexity index is 1090. The minimum Gasteiger partial charge on any atom is -0.427 e. The number of hydrogen-bond acceptors (Lipinski definition) is 3. The average Bonchev–Trinajstić information content (AvgIpc) is 3.07. The predicted molar refractivity (Wildman–Crippen MR) is 107 cm³/mol. The summed E-state index contributed by atoms with van der Waals surface area (Å²) in [5.41, 5.74) is 3.46. The SMILES string of the molecule is O=C(CCCc1c(-c2ccccn2)[nH]c2ccc(F)cc12)Oc1ccccc1. The molecule has 0 saturated carbocycles. The van der Waals surface area contributed by atoms with Crippen molar-refractivity contribution < 1.29 is 13.9 Å². The Labute approximate surface area is 162 Å².